The number of hydrogen-bond acceptors (Lipinski definition) is 4. The van der Waals surface area contributed by atoms with Gasteiger partial charge in [-0.2, -0.15) is 13.2 Å². The molecule has 0 aliphatic rings. The first-order chi connectivity index (χ1) is 17.5. The number of alkyl halides is 3. The number of carbonyl (C=O) groups is 2. The lowest BCUT2D eigenvalue weighted by atomic mass is 10.0. The first-order valence-corrected chi connectivity index (χ1v) is 11.0. The van der Waals surface area contributed by atoms with Crippen LogP contribution in [-0.4, -0.2) is 11.9 Å². The second-order valence-corrected chi connectivity index (χ2v) is 7.94. The van der Waals surface area contributed by atoms with E-state index in [-0.39, 0.29) is 16.9 Å². The Kier molecular flexibility index (Phi) is 8.64. The summed E-state index contributed by atoms with van der Waals surface area (Å²) in [5, 5.41) is 0. The molecule has 0 fully saturated rings. The Hall–Kier alpha value is -4.65. The average molecular weight is 505 g/mol. The summed E-state index contributed by atoms with van der Waals surface area (Å²) in [7, 11) is 0. The molecule has 0 amide bonds. The zero-order valence-corrected chi connectivity index (χ0v) is 19.9. The monoisotopic (exact) mass is 504 g/mol. The van der Waals surface area contributed by atoms with Gasteiger partial charge in [0.2, 0.25) is 0 Å². The van der Waals surface area contributed by atoms with Crippen LogP contribution in [-0.2, 0) is 15.8 Å². The van der Waals surface area contributed by atoms with Crippen molar-refractivity contribution in [1.82, 2.24) is 0 Å². The minimum absolute atomic E-state index is 0.0613. The van der Waals surface area contributed by atoms with Crippen LogP contribution in [0, 0.1) is 0 Å². The fourth-order valence-corrected chi connectivity index (χ4v) is 3.09. The van der Waals surface area contributed by atoms with Gasteiger partial charge in [0.05, 0.1) is 5.56 Å². The van der Waals surface area contributed by atoms with Crippen LogP contribution >= 0.6 is 0 Å². The molecule has 0 radical (unpaired) electrons. The molecule has 0 saturated heterocycles. The predicted octanol–water partition coefficient (Wildman–Crippen LogP) is 7.62. The molecule has 0 N–H and O–H groups in total. The molecule has 0 heterocycles. The third kappa shape index (κ3) is 7.93. The SMILES string of the molecule is C=CC(=O)Oc1ccc(C=Cc2ccc(C=Cc3ccc(OC(=O)C(=C)C)cc3C(F)(F)F)cc2)cc1. The van der Waals surface area contributed by atoms with Crippen LogP contribution in [0.3, 0.4) is 0 Å². The van der Waals surface area contributed by atoms with Gasteiger partial charge in [-0.05, 0) is 53.4 Å². The maximum absolute atomic E-state index is 13.6. The van der Waals surface area contributed by atoms with E-state index in [9.17, 15) is 22.8 Å². The fourth-order valence-electron chi connectivity index (χ4n) is 3.09. The second kappa shape index (κ2) is 11.9. The lowest BCUT2D eigenvalue weighted by Crippen LogP contribution is -2.11. The zero-order valence-electron chi connectivity index (χ0n) is 19.9. The Balaban J connectivity index is 1.71. The summed E-state index contributed by atoms with van der Waals surface area (Å²) in [4.78, 5) is 22.9. The van der Waals surface area contributed by atoms with Gasteiger partial charge >= 0.3 is 18.1 Å². The van der Waals surface area contributed by atoms with Gasteiger partial charge in [0, 0.05) is 11.6 Å². The van der Waals surface area contributed by atoms with Crippen molar-refractivity contribution >= 4 is 36.2 Å². The lowest BCUT2D eigenvalue weighted by Gasteiger charge is -2.12. The molecule has 0 unspecified atom stereocenters. The van der Waals surface area contributed by atoms with Gasteiger partial charge in [0.1, 0.15) is 11.5 Å². The number of ether oxygens (including phenoxy) is 2. The van der Waals surface area contributed by atoms with Crippen LogP contribution in [0.25, 0.3) is 24.3 Å². The highest BCUT2D eigenvalue weighted by molar-refractivity contribution is 5.89. The molecule has 0 atom stereocenters. The van der Waals surface area contributed by atoms with Crippen LogP contribution < -0.4 is 9.47 Å². The van der Waals surface area contributed by atoms with E-state index in [1.165, 1.54) is 25.1 Å². The normalized spacial score (nSPS) is 11.5. The number of hydrogen-bond donors (Lipinski definition) is 0. The Morgan fingerprint density at radius 2 is 1.24 bits per heavy atom. The molecule has 37 heavy (non-hydrogen) atoms. The fraction of sp³-hybridized carbons (Fsp3) is 0.0667. The van der Waals surface area contributed by atoms with Crippen LogP contribution in [0.4, 0.5) is 13.2 Å². The summed E-state index contributed by atoms with van der Waals surface area (Å²) in [5.74, 6) is -1.12. The third-order valence-corrected chi connectivity index (χ3v) is 5.01. The van der Waals surface area contributed by atoms with E-state index in [2.05, 4.69) is 13.2 Å². The van der Waals surface area contributed by atoms with Crippen molar-refractivity contribution in [3.63, 3.8) is 0 Å². The van der Waals surface area contributed by atoms with Gasteiger partial charge in [-0.15, -0.1) is 0 Å². The Morgan fingerprint density at radius 1 is 0.757 bits per heavy atom. The molecule has 188 valence electrons. The summed E-state index contributed by atoms with van der Waals surface area (Å²) in [5.41, 5.74) is 1.59. The Bertz CT molecular complexity index is 1360. The maximum Gasteiger partial charge on any atom is 0.417 e. The van der Waals surface area contributed by atoms with E-state index in [1.807, 2.05) is 24.3 Å². The molecule has 4 nitrogen and oxygen atoms in total. The summed E-state index contributed by atoms with van der Waals surface area (Å²) in [6.45, 7) is 8.18. The van der Waals surface area contributed by atoms with Crippen molar-refractivity contribution in [2.45, 2.75) is 13.1 Å². The lowest BCUT2D eigenvalue weighted by molar-refractivity contribution is -0.138. The largest absolute Gasteiger partial charge is 0.423 e. The van der Waals surface area contributed by atoms with Crippen LogP contribution in [0.15, 0.2) is 91.5 Å². The van der Waals surface area contributed by atoms with Gasteiger partial charge in [-0.3, -0.25) is 0 Å². The number of esters is 2. The van der Waals surface area contributed by atoms with Crippen LogP contribution in [0.2, 0.25) is 0 Å². The molecule has 0 saturated carbocycles. The van der Waals surface area contributed by atoms with Crippen molar-refractivity contribution in [2.75, 3.05) is 0 Å². The maximum atomic E-state index is 13.6. The summed E-state index contributed by atoms with van der Waals surface area (Å²) in [6, 6.07) is 17.5. The predicted molar refractivity (Wildman–Crippen MR) is 138 cm³/mol. The van der Waals surface area contributed by atoms with Crippen molar-refractivity contribution in [3.05, 3.63) is 119 Å². The zero-order chi connectivity index (χ0) is 27.0. The molecule has 7 heteroatoms. The van der Waals surface area contributed by atoms with Gasteiger partial charge < -0.3 is 9.47 Å². The van der Waals surface area contributed by atoms with Gasteiger partial charge in [-0.25, -0.2) is 9.59 Å². The summed E-state index contributed by atoms with van der Waals surface area (Å²) >= 11 is 0. The first kappa shape index (κ1) is 26.9. The van der Waals surface area contributed by atoms with E-state index in [0.29, 0.717) is 11.3 Å². The average Bonchev–Trinajstić information content (AvgIpc) is 2.87. The smallest absolute Gasteiger partial charge is 0.417 e. The molecule has 0 aliphatic heterocycles. The highest BCUT2D eigenvalue weighted by atomic mass is 19.4. The van der Waals surface area contributed by atoms with Crippen LogP contribution in [0.5, 0.6) is 11.5 Å². The van der Waals surface area contributed by atoms with Crippen molar-refractivity contribution in [1.29, 1.82) is 0 Å². The van der Waals surface area contributed by atoms with Gasteiger partial charge in [0.15, 0.2) is 0 Å². The number of rotatable bonds is 8. The quantitative estimate of drug-likeness (QED) is 0.137. The van der Waals surface area contributed by atoms with E-state index in [0.717, 1.165) is 23.3 Å². The van der Waals surface area contributed by atoms with E-state index >= 15 is 0 Å². The third-order valence-electron chi connectivity index (χ3n) is 5.01. The van der Waals surface area contributed by atoms with Gasteiger partial charge in [0.25, 0.3) is 0 Å². The minimum Gasteiger partial charge on any atom is -0.423 e. The van der Waals surface area contributed by atoms with Crippen molar-refractivity contribution < 1.29 is 32.2 Å². The highest BCUT2D eigenvalue weighted by Crippen LogP contribution is 2.35. The molecule has 3 rings (SSSR count). The Morgan fingerprint density at radius 3 is 1.73 bits per heavy atom. The van der Waals surface area contributed by atoms with E-state index in [1.54, 1.807) is 42.5 Å². The molecule has 0 aromatic heterocycles. The van der Waals surface area contributed by atoms with Crippen molar-refractivity contribution in [2.24, 2.45) is 0 Å². The summed E-state index contributed by atoms with van der Waals surface area (Å²) < 4.78 is 50.8. The molecule has 0 spiro atoms. The van der Waals surface area contributed by atoms with E-state index in [4.69, 9.17) is 9.47 Å². The first-order valence-electron chi connectivity index (χ1n) is 11.0. The molecule has 0 aliphatic carbocycles. The number of benzene rings is 3. The molecular weight excluding hydrogens is 481 g/mol. The second-order valence-electron chi connectivity index (χ2n) is 7.94. The topological polar surface area (TPSA) is 52.6 Å². The van der Waals surface area contributed by atoms with Crippen LogP contribution in [0.1, 0.15) is 34.7 Å². The summed E-state index contributed by atoms with van der Waals surface area (Å²) in [6.07, 6.45) is 3.14. The van der Waals surface area contributed by atoms with Crippen molar-refractivity contribution in [3.8, 4) is 11.5 Å². The van der Waals surface area contributed by atoms with E-state index < -0.39 is 23.7 Å². The highest BCUT2D eigenvalue weighted by Gasteiger charge is 2.33. The number of halogens is 3. The standard InChI is InChI=1S/C30H23F3O4/c1-4-28(34)36-25-16-12-23(13-17-25)10-7-21-5-8-22(9-6-21)11-14-24-15-18-26(37-29(35)20(2)3)19-27(24)30(31,32)33/h4-19H,1-2H2,3H3. The minimum atomic E-state index is -4.63. The molecule has 0 bridgehead atoms. The number of carbonyl (C=O) groups excluding carboxylic acids is 2. The molecule has 3 aromatic rings. The Labute approximate surface area is 212 Å². The molecular formula is C30H23F3O4. The molecule has 3 aromatic carbocycles. The van der Waals surface area contributed by atoms with Gasteiger partial charge in [-0.1, -0.05) is 79.9 Å².